The van der Waals surface area contributed by atoms with Crippen LogP contribution in [0.15, 0.2) is 58.3 Å². The fourth-order valence-corrected chi connectivity index (χ4v) is 3.32. The number of halogens is 1. The maximum Gasteiger partial charge on any atom is 0.238 e. The highest BCUT2D eigenvalue weighted by molar-refractivity contribution is 8.00. The van der Waals surface area contributed by atoms with E-state index in [-0.39, 0.29) is 16.1 Å². The Morgan fingerprint density at radius 2 is 1.87 bits per heavy atom. The van der Waals surface area contributed by atoms with E-state index in [0.717, 1.165) is 4.90 Å². The molecule has 2 aromatic rings. The number of carbonyl (C=O) groups is 1. The van der Waals surface area contributed by atoms with Gasteiger partial charge in [0.2, 0.25) is 15.9 Å². The lowest BCUT2D eigenvalue weighted by Gasteiger charge is -2.12. The number of nitrogens with two attached hydrogens (primary N) is 1. The van der Waals surface area contributed by atoms with Crippen molar-refractivity contribution in [3.05, 3.63) is 53.6 Å². The minimum Gasteiger partial charge on any atom is -0.325 e. The first-order valence-corrected chi connectivity index (χ1v) is 9.42. The SMILES string of the molecule is C[C@H](Sc1ccc(Cl)cc1)C(=O)Nc1cccc(S(N)(=O)=O)c1. The van der Waals surface area contributed by atoms with Gasteiger partial charge in [-0.1, -0.05) is 17.7 Å². The van der Waals surface area contributed by atoms with Crippen LogP contribution in [0.4, 0.5) is 5.69 Å². The number of nitrogens with one attached hydrogen (secondary N) is 1. The van der Waals surface area contributed by atoms with Crippen molar-refractivity contribution in [1.82, 2.24) is 0 Å². The van der Waals surface area contributed by atoms with Gasteiger partial charge in [0.15, 0.2) is 0 Å². The molecule has 23 heavy (non-hydrogen) atoms. The number of rotatable bonds is 5. The molecule has 5 nitrogen and oxygen atoms in total. The zero-order chi connectivity index (χ0) is 17.0. The highest BCUT2D eigenvalue weighted by Gasteiger charge is 2.16. The molecule has 2 aromatic carbocycles. The van der Waals surface area contributed by atoms with Crippen molar-refractivity contribution < 1.29 is 13.2 Å². The Kier molecular flexibility index (Phi) is 5.69. The molecule has 0 aliphatic rings. The molecule has 0 bridgehead atoms. The summed E-state index contributed by atoms with van der Waals surface area (Å²) < 4.78 is 22.6. The molecule has 0 saturated carbocycles. The van der Waals surface area contributed by atoms with Gasteiger partial charge in [-0.2, -0.15) is 0 Å². The molecular weight excluding hydrogens is 356 g/mol. The van der Waals surface area contributed by atoms with Crippen molar-refractivity contribution in [3.8, 4) is 0 Å². The minimum absolute atomic E-state index is 0.0479. The fraction of sp³-hybridized carbons (Fsp3) is 0.133. The summed E-state index contributed by atoms with van der Waals surface area (Å²) in [6, 6.07) is 13.0. The van der Waals surface area contributed by atoms with Gasteiger partial charge in [-0.15, -0.1) is 11.8 Å². The lowest BCUT2D eigenvalue weighted by molar-refractivity contribution is -0.115. The summed E-state index contributed by atoms with van der Waals surface area (Å²) >= 11 is 7.20. The third-order valence-electron chi connectivity index (χ3n) is 2.93. The molecule has 0 radical (unpaired) electrons. The van der Waals surface area contributed by atoms with E-state index < -0.39 is 10.0 Å². The van der Waals surface area contributed by atoms with Gasteiger partial charge in [-0.25, -0.2) is 13.6 Å². The van der Waals surface area contributed by atoms with E-state index in [1.165, 1.54) is 30.0 Å². The van der Waals surface area contributed by atoms with Crippen LogP contribution >= 0.6 is 23.4 Å². The van der Waals surface area contributed by atoms with Crippen LogP contribution in [-0.4, -0.2) is 19.6 Å². The number of anilines is 1. The first kappa shape index (κ1) is 17.8. The standard InChI is InChI=1S/C15H15ClN2O3S2/c1-10(22-13-7-5-11(16)6-8-13)15(19)18-12-3-2-4-14(9-12)23(17,20)21/h2-10H,1H3,(H,18,19)(H2,17,20,21)/t10-/m0/s1. The van der Waals surface area contributed by atoms with Gasteiger partial charge in [0.25, 0.3) is 0 Å². The van der Waals surface area contributed by atoms with Crippen LogP contribution < -0.4 is 10.5 Å². The molecule has 1 amide bonds. The zero-order valence-corrected chi connectivity index (χ0v) is 14.6. The molecule has 122 valence electrons. The summed E-state index contributed by atoms with van der Waals surface area (Å²) in [5.74, 6) is -0.239. The first-order chi connectivity index (χ1) is 10.8. The Labute approximate surface area is 144 Å². The van der Waals surface area contributed by atoms with E-state index in [4.69, 9.17) is 16.7 Å². The third-order valence-corrected chi connectivity index (χ3v) is 5.20. The maximum absolute atomic E-state index is 12.2. The van der Waals surface area contributed by atoms with Crippen LogP contribution in [0.25, 0.3) is 0 Å². The number of hydrogen-bond acceptors (Lipinski definition) is 4. The van der Waals surface area contributed by atoms with Gasteiger partial charge in [-0.3, -0.25) is 4.79 Å². The Morgan fingerprint density at radius 1 is 1.22 bits per heavy atom. The quantitative estimate of drug-likeness (QED) is 0.791. The number of primary sulfonamides is 1. The Bertz CT molecular complexity index is 808. The second kappa shape index (κ2) is 7.35. The maximum atomic E-state index is 12.2. The average Bonchev–Trinajstić information content (AvgIpc) is 2.49. The van der Waals surface area contributed by atoms with Crippen LogP contribution in [0.5, 0.6) is 0 Å². The predicted molar refractivity (Wildman–Crippen MR) is 93.2 cm³/mol. The molecule has 1 atom stereocenters. The van der Waals surface area contributed by atoms with Gasteiger partial charge in [0.1, 0.15) is 0 Å². The summed E-state index contributed by atoms with van der Waals surface area (Å²) in [6.45, 7) is 1.76. The zero-order valence-electron chi connectivity index (χ0n) is 12.2. The third kappa shape index (κ3) is 5.24. The number of amides is 1. The Morgan fingerprint density at radius 3 is 2.48 bits per heavy atom. The van der Waals surface area contributed by atoms with Gasteiger partial charge >= 0.3 is 0 Å². The number of sulfonamides is 1. The lowest BCUT2D eigenvalue weighted by atomic mass is 10.3. The van der Waals surface area contributed by atoms with Crippen molar-refractivity contribution in [3.63, 3.8) is 0 Å². The molecule has 0 unspecified atom stereocenters. The summed E-state index contributed by atoms with van der Waals surface area (Å²) in [7, 11) is -3.80. The highest BCUT2D eigenvalue weighted by atomic mass is 35.5. The topological polar surface area (TPSA) is 89.3 Å². The number of benzene rings is 2. The summed E-state index contributed by atoms with van der Waals surface area (Å²) in [5, 5.41) is 8.02. The van der Waals surface area contributed by atoms with Crippen LogP contribution in [0.1, 0.15) is 6.92 Å². The molecule has 0 spiro atoms. The molecule has 0 saturated heterocycles. The summed E-state index contributed by atoms with van der Waals surface area (Å²) in [4.78, 5) is 13.1. The Balaban J connectivity index is 2.05. The van der Waals surface area contributed by atoms with Crippen molar-refractivity contribution >= 4 is 45.0 Å². The smallest absolute Gasteiger partial charge is 0.238 e. The summed E-state index contributed by atoms with van der Waals surface area (Å²) in [6.07, 6.45) is 0. The molecule has 0 aromatic heterocycles. The van der Waals surface area contributed by atoms with E-state index in [1.54, 1.807) is 25.1 Å². The lowest BCUT2D eigenvalue weighted by Crippen LogP contribution is -2.22. The van der Waals surface area contributed by atoms with Crippen molar-refractivity contribution in [2.45, 2.75) is 22.0 Å². The van der Waals surface area contributed by atoms with E-state index in [1.807, 2.05) is 12.1 Å². The van der Waals surface area contributed by atoms with Gasteiger partial charge in [0, 0.05) is 15.6 Å². The van der Waals surface area contributed by atoms with Crippen LogP contribution in [-0.2, 0) is 14.8 Å². The van der Waals surface area contributed by atoms with Crippen LogP contribution in [0.3, 0.4) is 0 Å². The van der Waals surface area contributed by atoms with Crippen LogP contribution in [0, 0.1) is 0 Å². The predicted octanol–water partition coefficient (Wildman–Crippen LogP) is 3.11. The molecule has 0 aliphatic heterocycles. The molecule has 0 heterocycles. The van der Waals surface area contributed by atoms with Gasteiger partial charge in [-0.05, 0) is 49.4 Å². The van der Waals surface area contributed by atoms with Gasteiger partial charge in [0.05, 0.1) is 10.1 Å². The monoisotopic (exact) mass is 370 g/mol. The largest absolute Gasteiger partial charge is 0.325 e. The summed E-state index contributed by atoms with van der Waals surface area (Å²) in [5.41, 5.74) is 0.380. The van der Waals surface area contributed by atoms with Crippen molar-refractivity contribution in [2.75, 3.05) is 5.32 Å². The second-order valence-electron chi connectivity index (χ2n) is 4.78. The van der Waals surface area contributed by atoms with Crippen molar-refractivity contribution in [2.24, 2.45) is 5.14 Å². The molecule has 0 aliphatic carbocycles. The second-order valence-corrected chi connectivity index (χ2v) is 8.19. The number of thioether (sulfide) groups is 1. The van der Waals surface area contributed by atoms with E-state index in [2.05, 4.69) is 5.32 Å². The molecule has 0 fully saturated rings. The molecule has 2 rings (SSSR count). The number of hydrogen-bond donors (Lipinski definition) is 2. The highest BCUT2D eigenvalue weighted by Crippen LogP contribution is 2.25. The van der Waals surface area contributed by atoms with Gasteiger partial charge < -0.3 is 5.32 Å². The minimum atomic E-state index is -3.80. The van der Waals surface area contributed by atoms with E-state index in [9.17, 15) is 13.2 Å². The van der Waals surface area contributed by atoms with E-state index in [0.29, 0.717) is 10.7 Å². The van der Waals surface area contributed by atoms with Crippen molar-refractivity contribution in [1.29, 1.82) is 0 Å². The number of carbonyl (C=O) groups excluding carboxylic acids is 1. The molecule has 3 N–H and O–H groups in total. The molecule has 8 heteroatoms. The normalized spacial score (nSPS) is 12.7. The Hall–Kier alpha value is -1.54. The van der Waals surface area contributed by atoms with E-state index >= 15 is 0 Å². The van der Waals surface area contributed by atoms with Crippen LogP contribution in [0.2, 0.25) is 5.02 Å². The average molecular weight is 371 g/mol. The molecular formula is C15H15ClN2O3S2. The first-order valence-electron chi connectivity index (χ1n) is 6.61. The fourth-order valence-electron chi connectivity index (χ4n) is 1.77.